The second-order valence-corrected chi connectivity index (χ2v) is 11.7. The first-order valence-electron chi connectivity index (χ1n) is 12.6. The van der Waals surface area contributed by atoms with E-state index < -0.39 is 33.4 Å². The molecule has 2 amide bonds. The van der Waals surface area contributed by atoms with Crippen molar-refractivity contribution in [1.29, 1.82) is 0 Å². The van der Waals surface area contributed by atoms with Crippen LogP contribution in [0.1, 0.15) is 51.0 Å². The van der Waals surface area contributed by atoms with Crippen LogP contribution in [-0.2, 0) is 26.2 Å². The molecule has 0 bridgehead atoms. The molecule has 0 unspecified atom stereocenters. The summed E-state index contributed by atoms with van der Waals surface area (Å²) in [6.07, 6.45) is 6.13. The first-order chi connectivity index (χ1) is 18.0. The molecule has 0 aliphatic heterocycles. The third-order valence-electron chi connectivity index (χ3n) is 6.64. The Bertz CT molecular complexity index is 1270. The quantitative estimate of drug-likeness (QED) is 0.320. The topological polar surface area (TPSA) is 130 Å². The monoisotopic (exact) mass is 564 g/mol. The van der Waals surface area contributed by atoms with Crippen molar-refractivity contribution < 1.29 is 22.9 Å². The second kappa shape index (κ2) is 13.1. The van der Waals surface area contributed by atoms with Crippen LogP contribution in [0.25, 0.3) is 0 Å². The highest BCUT2D eigenvalue weighted by molar-refractivity contribution is 7.92. The molecule has 0 heterocycles. The molecule has 10 nitrogen and oxygen atoms in total. The summed E-state index contributed by atoms with van der Waals surface area (Å²) in [5.41, 5.74) is 0.273. The molecule has 0 radical (unpaired) electrons. The molecule has 38 heavy (non-hydrogen) atoms. The Balaban J connectivity index is 1.95. The van der Waals surface area contributed by atoms with Gasteiger partial charge in [0.15, 0.2) is 0 Å². The fourth-order valence-corrected chi connectivity index (χ4v) is 5.69. The summed E-state index contributed by atoms with van der Waals surface area (Å²) in [5.74, 6) is -0.937. The number of non-ortho nitro benzene ring substituents is 1. The molecule has 12 heteroatoms. The maximum Gasteiger partial charge on any atom is 0.271 e. The van der Waals surface area contributed by atoms with Gasteiger partial charge in [0.1, 0.15) is 12.6 Å². The highest BCUT2D eigenvalue weighted by Crippen LogP contribution is 2.25. The Labute approximate surface area is 228 Å². The number of amides is 2. The predicted molar refractivity (Wildman–Crippen MR) is 146 cm³/mol. The number of nitro groups is 1. The van der Waals surface area contributed by atoms with Crippen molar-refractivity contribution in [3.8, 4) is 0 Å². The number of halogens is 1. The number of benzene rings is 2. The zero-order valence-corrected chi connectivity index (χ0v) is 23.1. The van der Waals surface area contributed by atoms with Crippen LogP contribution in [0.2, 0.25) is 5.02 Å². The van der Waals surface area contributed by atoms with Gasteiger partial charge in [-0.15, -0.1) is 0 Å². The van der Waals surface area contributed by atoms with Gasteiger partial charge in [-0.05, 0) is 37.0 Å². The molecule has 206 valence electrons. The van der Waals surface area contributed by atoms with E-state index in [1.807, 2.05) is 0 Å². The summed E-state index contributed by atoms with van der Waals surface area (Å²) in [5, 5.41) is 14.7. The number of hydrogen-bond donors (Lipinski definition) is 1. The van der Waals surface area contributed by atoms with E-state index >= 15 is 0 Å². The lowest BCUT2D eigenvalue weighted by molar-refractivity contribution is -0.384. The van der Waals surface area contributed by atoms with Crippen LogP contribution in [-0.4, -0.2) is 54.9 Å². The molecule has 0 aromatic heterocycles. The highest BCUT2D eigenvalue weighted by Gasteiger charge is 2.33. The van der Waals surface area contributed by atoms with E-state index in [0.29, 0.717) is 17.0 Å². The summed E-state index contributed by atoms with van der Waals surface area (Å²) >= 11 is 6.37. The van der Waals surface area contributed by atoms with E-state index in [-0.39, 0.29) is 29.9 Å². The van der Waals surface area contributed by atoms with E-state index in [4.69, 9.17) is 11.6 Å². The lowest BCUT2D eigenvalue weighted by Crippen LogP contribution is -2.54. The van der Waals surface area contributed by atoms with Crippen molar-refractivity contribution in [2.45, 2.75) is 64.1 Å². The van der Waals surface area contributed by atoms with Crippen LogP contribution in [0, 0.1) is 10.1 Å². The number of nitro benzene ring substituents is 1. The van der Waals surface area contributed by atoms with E-state index in [9.17, 15) is 28.1 Å². The van der Waals surface area contributed by atoms with Crippen molar-refractivity contribution in [1.82, 2.24) is 10.2 Å². The van der Waals surface area contributed by atoms with Gasteiger partial charge in [-0.1, -0.05) is 62.1 Å². The van der Waals surface area contributed by atoms with Gasteiger partial charge in [0.05, 0.1) is 16.9 Å². The van der Waals surface area contributed by atoms with Crippen LogP contribution < -0.4 is 9.62 Å². The number of hydrogen-bond acceptors (Lipinski definition) is 6. The average molecular weight is 565 g/mol. The molecule has 1 aliphatic rings. The Morgan fingerprint density at radius 1 is 1.13 bits per heavy atom. The summed E-state index contributed by atoms with van der Waals surface area (Å²) < 4.78 is 26.2. The maximum atomic E-state index is 13.8. The number of nitrogens with one attached hydrogen (secondary N) is 1. The minimum atomic E-state index is -4.01. The molecule has 0 saturated heterocycles. The van der Waals surface area contributed by atoms with Crippen LogP contribution in [0.3, 0.4) is 0 Å². The summed E-state index contributed by atoms with van der Waals surface area (Å²) in [6.45, 7) is 1.13. The molecule has 1 aliphatic carbocycles. The van der Waals surface area contributed by atoms with Gasteiger partial charge in [-0.3, -0.25) is 24.0 Å². The van der Waals surface area contributed by atoms with Crippen molar-refractivity contribution in [3.63, 3.8) is 0 Å². The zero-order chi connectivity index (χ0) is 27.9. The van der Waals surface area contributed by atoms with Gasteiger partial charge in [0, 0.05) is 29.7 Å². The molecular weight excluding hydrogens is 532 g/mol. The molecule has 1 fully saturated rings. The van der Waals surface area contributed by atoms with E-state index in [2.05, 4.69) is 5.32 Å². The number of carbonyl (C=O) groups excluding carboxylic acids is 2. The maximum absolute atomic E-state index is 13.8. The molecule has 1 atom stereocenters. The smallest absolute Gasteiger partial charge is 0.271 e. The molecule has 1 saturated carbocycles. The molecule has 1 N–H and O–H groups in total. The highest BCUT2D eigenvalue weighted by atomic mass is 35.5. The van der Waals surface area contributed by atoms with Gasteiger partial charge in [-0.2, -0.15) is 0 Å². The van der Waals surface area contributed by atoms with Crippen molar-refractivity contribution >= 4 is 44.8 Å². The second-order valence-electron chi connectivity index (χ2n) is 9.43. The van der Waals surface area contributed by atoms with Crippen molar-refractivity contribution in [2.24, 2.45) is 0 Å². The van der Waals surface area contributed by atoms with Gasteiger partial charge in [0.25, 0.3) is 5.69 Å². The average Bonchev–Trinajstić information content (AvgIpc) is 2.88. The number of nitrogens with zero attached hydrogens (tertiary/aromatic N) is 3. The van der Waals surface area contributed by atoms with Crippen LogP contribution >= 0.6 is 11.6 Å². The third-order valence-corrected chi connectivity index (χ3v) is 8.15. The number of rotatable bonds is 11. The molecule has 2 aromatic rings. The fraction of sp³-hybridized carbons (Fsp3) is 0.462. The lowest BCUT2D eigenvalue weighted by Gasteiger charge is -2.34. The van der Waals surface area contributed by atoms with Gasteiger partial charge >= 0.3 is 0 Å². The van der Waals surface area contributed by atoms with Gasteiger partial charge in [0.2, 0.25) is 21.8 Å². The van der Waals surface area contributed by atoms with Gasteiger partial charge < -0.3 is 10.2 Å². The molecule has 0 spiro atoms. The van der Waals surface area contributed by atoms with E-state index in [0.717, 1.165) is 48.7 Å². The Kier molecular flexibility index (Phi) is 10.1. The van der Waals surface area contributed by atoms with E-state index in [1.165, 1.54) is 23.1 Å². The van der Waals surface area contributed by atoms with Crippen LogP contribution in [0.5, 0.6) is 0 Å². The summed E-state index contributed by atoms with van der Waals surface area (Å²) in [7, 11) is -4.01. The fourth-order valence-electron chi connectivity index (χ4n) is 4.65. The zero-order valence-electron chi connectivity index (χ0n) is 21.5. The third kappa shape index (κ3) is 7.67. The first-order valence-corrected chi connectivity index (χ1v) is 14.8. The van der Waals surface area contributed by atoms with Gasteiger partial charge in [-0.25, -0.2) is 8.42 Å². The predicted octanol–water partition coefficient (Wildman–Crippen LogP) is 4.27. The van der Waals surface area contributed by atoms with Crippen LogP contribution in [0.15, 0.2) is 48.5 Å². The summed E-state index contributed by atoms with van der Waals surface area (Å²) in [6, 6.07) is 11.1. The first kappa shape index (κ1) is 29.4. The molecular formula is C26H33ClN4O6S. The van der Waals surface area contributed by atoms with Crippen LogP contribution in [0.4, 0.5) is 11.4 Å². The van der Waals surface area contributed by atoms with Crippen molar-refractivity contribution in [3.05, 3.63) is 69.2 Å². The Morgan fingerprint density at radius 2 is 1.82 bits per heavy atom. The Hall–Kier alpha value is -3.18. The minimum absolute atomic E-state index is 0.0123. The molecule has 3 rings (SSSR count). The van der Waals surface area contributed by atoms with Crippen molar-refractivity contribution in [2.75, 3.05) is 17.1 Å². The SMILES string of the molecule is CC[C@@H](C(=O)NC1CCCCC1)N(Cc1ccccc1Cl)C(=O)CN(c1cccc([N+](=O)[O-])c1)S(C)(=O)=O. The summed E-state index contributed by atoms with van der Waals surface area (Å²) in [4.78, 5) is 39.1. The van der Waals surface area contributed by atoms with E-state index in [1.54, 1.807) is 31.2 Å². The standard InChI is InChI=1S/C26H33ClN4O6S/c1-3-24(26(33)28-20-11-5-4-6-12-20)29(17-19-10-7-8-15-23(19)27)25(32)18-30(38(2,36)37)21-13-9-14-22(16-21)31(34)35/h7-10,13-16,20,24H,3-6,11-12,17-18H2,1-2H3,(H,28,33)/t24-/m0/s1. The largest absolute Gasteiger partial charge is 0.352 e. The Morgan fingerprint density at radius 3 is 2.42 bits per heavy atom. The minimum Gasteiger partial charge on any atom is -0.352 e. The molecule has 2 aromatic carbocycles. The lowest BCUT2D eigenvalue weighted by atomic mass is 9.95. The normalized spacial score (nSPS) is 14.9. The number of sulfonamides is 1. The number of carbonyl (C=O) groups is 2. The number of anilines is 1.